The maximum Gasteiger partial charge on any atom is 0.182 e. The molecule has 0 amide bonds. The van der Waals surface area contributed by atoms with Crippen LogP contribution < -0.4 is 0 Å². The van der Waals surface area contributed by atoms with E-state index in [1.807, 2.05) is 32.1 Å². The molecule has 48 heavy (non-hydrogen) atoms. The summed E-state index contributed by atoms with van der Waals surface area (Å²) < 4.78 is 0. The van der Waals surface area contributed by atoms with Gasteiger partial charge in [0.1, 0.15) is 6.29 Å². The van der Waals surface area contributed by atoms with Crippen molar-refractivity contribution in [3.63, 3.8) is 0 Å². The smallest absolute Gasteiger partial charge is 0.182 e. The first-order valence-corrected chi connectivity index (χ1v) is 17.4. The second-order valence-electron chi connectivity index (χ2n) is 14.5. The monoisotopic (exact) mass is 644 g/mol. The van der Waals surface area contributed by atoms with Gasteiger partial charge in [-0.1, -0.05) is 70.4 Å². The summed E-state index contributed by atoms with van der Waals surface area (Å²) in [6.07, 6.45) is 28.8. The molecule has 3 atom stereocenters. The Morgan fingerprint density at radius 2 is 1.27 bits per heavy atom. The maximum atomic E-state index is 13.5. The molecule has 250 valence electrons. The fourth-order valence-corrected chi connectivity index (χ4v) is 7.69. The van der Waals surface area contributed by atoms with Gasteiger partial charge in [0.15, 0.2) is 23.1 Å². The van der Waals surface area contributed by atoms with Crippen LogP contribution in [0.4, 0.5) is 0 Å². The van der Waals surface area contributed by atoms with Crippen LogP contribution in [0.1, 0.15) is 98.3 Å². The third-order valence-electron chi connectivity index (χ3n) is 10.7. The van der Waals surface area contributed by atoms with Crippen molar-refractivity contribution in [1.82, 2.24) is 0 Å². The quantitative estimate of drug-likeness (QED) is 0.162. The van der Waals surface area contributed by atoms with Gasteiger partial charge < -0.3 is 4.79 Å². The Labute approximate surface area is 285 Å². The molecule has 0 aromatic rings. The van der Waals surface area contributed by atoms with E-state index in [1.54, 1.807) is 0 Å². The minimum Gasteiger partial charge on any atom is -0.302 e. The zero-order valence-electron chi connectivity index (χ0n) is 28.9. The lowest BCUT2D eigenvalue weighted by atomic mass is 9.58. The molecule has 0 radical (unpaired) electrons. The normalized spacial score (nSPS) is 33.0. The van der Waals surface area contributed by atoms with Crippen molar-refractivity contribution in [2.45, 2.75) is 98.3 Å². The van der Waals surface area contributed by atoms with E-state index in [0.29, 0.717) is 60.8 Å². The number of hydrogen-bond donors (Lipinski definition) is 0. The third-order valence-corrected chi connectivity index (χ3v) is 10.7. The number of hydrogen-bond acceptors (Lipinski definition) is 5. The molecule has 0 spiro atoms. The van der Waals surface area contributed by atoms with Crippen molar-refractivity contribution >= 4 is 29.4 Å². The Bertz CT molecular complexity index is 1720. The minimum absolute atomic E-state index is 0.105. The third kappa shape index (κ3) is 8.24. The molecule has 0 heterocycles. The molecule has 0 saturated carbocycles. The van der Waals surface area contributed by atoms with Crippen LogP contribution in [0.5, 0.6) is 0 Å². The van der Waals surface area contributed by atoms with Crippen molar-refractivity contribution in [3.8, 4) is 0 Å². The van der Waals surface area contributed by atoms with Crippen LogP contribution in [0, 0.1) is 17.3 Å². The van der Waals surface area contributed by atoms with E-state index >= 15 is 0 Å². The molecule has 5 nitrogen and oxygen atoms in total. The molecule has 0 fully saturated rings. The molecule has 0 aromatic carbocycles. The molecule has 0 aromatic heterocycles. The highest BCUT2D eigenvalue weighted by molar-refractivity contribution is 6.20. The Hall–Kier alpha value is -4.25. The molecule has 0 aliphatic heterocycles. The Morgan fingerprint density at radius 3 is 2.06 bits per heavy atom. The van der Waals surface area contributed by atoms with Crippen molar-refractivity contribution in [1.29, 1.82) is 0 Å². The lowest BCUT2D eigenvalue weighted by Gasteiger charge is -2.44. The number of allylic oxidation sites excluding steroid dienone is 20. The van der Waals surface area contributed by atoms with Gasteiger partial charge in [-0.15, -0.1) is 0 Å². The minimum atomic E-state index is -0.918. The van der Waals surface area contributed by atoms with E-state index in [-0.39, 0.29) is 35.0 Å². The molecule has 6 bridgehead atoms. The van der Waals surface area contributed by atoms with Crippen molar-refractivity contribution in [2.24, 2.45) is 17.3 Å². The molecule has 7 rings (SSSR count). The SMILES string of the molecule is C/C1=C/CC/C(C)=C/C=C/[C@]2(C=O)[C@@H](CC3=C[C@H]2C/C(C)=C/CC2=CC(=O)C(=CC2=O)C/C(C)=C\CC3)CC2=CC(=O)C(=CC2=O)CC1. The van der Waals surface area contributed by atoms with Crippen LogP contribution in [-0.4, -0.2) is 29.4 Å². The standard InChI is InChI=1S/C43H48O5/c1-28-8-5-9-29(2)13-15-33-24-42(48)36(26-40(33)46)22-38-21-32-12-6-10-30(3)18-35-25-39(45)34(23-41(35)47)16-14-31(4)19-37(20-32)43(38,27-44)17-7-11-28/h7,9-11,14,17,20,23-27,37-38H,5-6,8,12-13,15-16,18-19,21-22H2,1-4H3/b17-7+,28-11+,29-9-,30-10-,31-14+/t37-,38+,43-/m1/s1. The Balaban J connectivity index is 1.59. The number of rotatable bonds is 1. The molecule has 0 unspecified atom stereocenters. The van der Waals surface area contributed by atoms with Gasteiger partial charge in [-0.2, -0.15) is 0 Å². The highest BCUT2D eigenvalue weighted by atomic mass is 16.1. The summed E-state index contributed by atoms with van der Waals surface area (Å²) in [5.74, 6) is -0.890. The zero-order chi connectivity index (χ0) is 34.4. The van der Waals surface area contributed by atoms with E-state index in [4.69, 9.17) is 0 Å². The fourth-order valence-electron chi connectivity index (χ4n) is 7.69. The van der Waals surface area contributed by atoms with Crippen LogP contribution in [0.2, 0.25) is 0 Å². The number of fused-ring (bicyclic) bond motifs is 15. The van der Waals surface area contributed by atoms with E-state index < -0.39 is 5.41 Å². The van der Waals surface area contributed by atoms with Gasteiger partial charge in [0.05, 0.1) is 5.41 Å². The predicted molar refractivity (Wildman–Crippen MR) is 191 cm³/mol. The largest absolute Gasteiger partial charge is 0.302 e. The van der Waals surface area contributed by atoms with Crippen molar-refractivity contribution in [3.05, 3.63) is 117 Å². The van der Waals surface area contributed by atoms with Crippen LogP contribution in [0.3, 0.4) is 0 Å². The lowest BCUT2D eigenvalue weighted by molar-refractivity contribution is -0.119. The van der Waals surface area contributed by atoms with Gasteiger partial charge in [-0.05, 0) is 134 Å². The second-order valence-corrected chi connectivity index (χ2v) is 14.5. The van der Waals surface area contributed by atoms with Gasteiger partial charge in [-0.3, -0.25) is 19.2 Å². The zero-order valence-corrected chi connectivity index (χ0v) is 28.9. The average molecular weight is 645 g/mol. The molecule has 0 N–H and O–H groups in total. The highest BCUT2D eigenvalue weighted by Crippen LogP contribution is 2.50. The van der Waals surface area contributed by atoms with E-state index in [9.17, 15) is 24.0 Å². The van der Waals surface area contributed by atoms with Gasteiger partial charge in [0.25, 0.3) is 0 Å². The van der Waals surface area contributed by atoms with E-state index in [0.717, 1.165) is 49.5 Å². The number of carbonyl (C=O) groups is 5. The Kier molecular flexibility index (Phi) is 11.2. The highest BCUT2D eigenvalue weighted by Gasteiger charge is 2.46. The summed E-state index contributed by atoms with van der Waals surface area (Å²) in [7, 11) is 0. The second kappa shape index (κ2) is 15.3. The lowest BCUT2D eigenvalue weighted by Crippen LogP contribution is -2.41. The number of carbonyl (C=O) groups excluding carboxylic acids is 5. The first-order chi connectivity index (χ1) is 23.0. The number of ketones is 4. The average Bonchev–Trinajstić information content (AvgIpc) is 3.03. The summed E-state index contributed by atoms with van der Waals surface area (Å²) in [6, 6.07) is 0. The van der Waals surface area contributed by atoms with Crippen molar-refractivity contribution in [2.75, 3.05) is 0 Å². The molecular weight excluding hydrogens is 596 g/mol. The van der Waals surface area contributed by atoms with Crippen molar-refractivity contribution < 1.29 is 24.0 Å². The van der Waals surface area contributed by atoms with Crippen LogP contribution in [0.15, 0.2) is 117 Å². The first-order valence-electron chi connectivity index (χ1n) is 17.4. The predicted octanol–water partition coefficient (Wildman–Crippen LogP) is 9.01. The number of aldehydes is 1. The van der Waals surface area contributed by atoms with Gasteiger partial charge in [-0.25, -0.2) is 0 Å². The van der Waals surface area contributed by atoms with Crippen LogP contribution >= 0.6 is 0 Å². The van der Waals surface area contributed by atoms with Gasteiger partial charge in [0, 0.05) is 22.3 Å². The van der Waals surface area contributed by atoms with E-state index in [1.165, 1.54) is 41.0 Å². The summed E-state index contributed by atoms with van der Waals surface area (Å²) in [5, 5.41) is 0. The first kappa shape index (κ1) is 35.1. The van der Waals surface area contributed by atoms with E-state index in [2.05, 4.69) is 38.2 Å². The topological polar surface area (TPSA) is 85.3 Å². The molecule has 7 aliphatic rings. The Morgan fingerprint density at radius 1 is 0.625 bits per heavy atom. The fraction of sp³-hybridized carbons (Fsp3) is 0.419. The molecular formula is C43H48O5. The van der Waals surface area contributed by atoms with Gasteiger partial charge in [0.2, 0.25) is 0 Å². The molecule has 0 saturated heterocycles. The summed E-state index contributed by atoms with van der Waals surface area (Å²) >= 11 is 0. The summed E-state index contributed by atoms with van der Waals surface area (Å²) in [6.45, 7) is 8.19. The summed E-state index contributed by atoms with van der Waals surface area (Å²) in [5.41, 5.74) is 6.83. The summed E-state index contributed by atoms with van der Waals surface area (Å²) in [4.78, 5) is 66.2. The molecule has 7 aliphatic carbocycles. The van der Waals surface area contributed by atoms with Gasteiger partial charge >= 0.3 is 0 Å². The van der Waals surface area contributed by atoms with Crippen LogP contribution in [0.25, 0.3) is 0 Å². The van der Waals surface area contributed by atoms with Crippen LogP contribution in [-0.2, 0) is 24.0 Å². The molecule has 5 heteroatoms. The maximum absolute atomic E-state index is 13.5.